The molecule has 3 rings (SSSR count). The van der Waals surface area contributed by atoms with E-state index in [4.69, 9.17) is 0 Å². The van der Waals surface area contributed by atoms with E-state index in [0.717, 1.165) is 42.6 Å². The van der Waals surface area contributed by atoms with Gasteiger partial charge >= 0.3 is 11.9 Å². The molecule has 0 saturated carbocycles. The minimum absolute atomic E-state index is 0.0853. The normalized spacial score (nSPS) is 10.9. The molecule has 0 amide bonds. The Hall–Kier alpha value is -3.37. The highest BCUT2D eigenvalue weighted by Crippen LogP contribution is 2.25. The predicted molar refractivity (Wildman–Crippen MR) is 120 cm³/mol. The Morgan fingerprint density at radius 2 is 1.59 bits per heavy atom. The van der Waals surface area contributed by atoms with Crippen molar-refractivity contribution in [3.8, 4) is 0 Å². The molecular formula is C22H20N2O6S2. The molecule has 10 heteroatoms. The fraction of sp³-hybridized carbons (Fsp3) is 0.136. The van der Waals surface area contributed by atoms with Gasteiger partial charge < -0.3 is 9.47 Å². The average molecular weight is 473 g/mol. The number of nitrogens with zero attached hydrogens (tertiary/aromatic N) is 1. The van der Waals surface area contributed by atoms with Gasteiger partial charge in [-0.25, -0.2) is 18.0 Å². The van der Waals surface area contributed by atoms with Crippen LogP contribution in [0.1, 0.15) is 26.3 Å². The van der Waals surface area contributed by atoms with Crippen molar-refractivity contribution >= 4 is 39.4 Å². The Morgan fingerprint density at radius 3 is 2.12 bits per heavy atom. The van der Waals surface area contributed by atoms with Crippen molar-refractivity contribution in [2.45, 2.75) is 15.5 Å². The number of methoxy groups -OCH3 is 2. The first-order chi connectivity index (χ1) is 15.3. The summed E-state index contributed by atoms with van der Waals surface area (Å²) in [6.45, 7) is 0. The Bertz CT molecular complexity index is 1180. The van der Waals surface area contributed by atoms with E-state index in [2.05, 4.69) is 19.2 Å². The van der Waals surface area contributed by atoms with Gasteiger partial charge in [-0.1, -0.05) is 6.07 Å². The lowest BCUT2D eigenvalue weighted by molar-refractivity contribution is 0.0598. The molecule has 2 aromatic carbocycles. The van der Waals surface area contributed by atoms with Crippen LogP contribution in [0.25, 0.3) is 0 Å². The van der Waals surface area contributed by atoms with Crippen LogP contribution >= 0.6 is 11.8 Å². The number of anilines is 1. The van der Waals surface area contributed by atoms with Gasteiger partial charge in [-0.05, 0) is 54.1 Å². The maximum absolute atomic E-state index is 12.9. The lowest BCUT2D eigenvalue weighted by Gasteiger charge is -2.11. The Labute approximate surface area is 190 Å². The summed E-state index contributed by atoms with van der Waals surface area (Å²) >= 11 is 1.59. The summed E-state index contributed by atoms with van der Waals surface area (Å²) < 4.78 is 37.5. The smallest absolute Gasteiger partial charge is 0.337 e. The van der Waals surface area contributed by atoms with Crippen molar-refractivity contribution in [3.63, 3.8) is 0 Å². The third kappa shape index (κ3) is 5.86. The van der Waals surface area contributed by atoms with E-state index in [1.54, 1.807) is 48.4 Å². The molecule has 166 valence electrons. The molecule has 1 aromatic heterocycles. The van der Waals surface area contributed by atoms with E-state index in [1.165, 1.54) is 6.07 Å². The summed E-state index contributed by atoms with van der Waals surface area (Å²) in [4.78, 5) is 28.6. The Balaban J connectivity index is 1.79. The highest BCUT2D eigenvalue weighted by atomic mass is 32.2. The summed E-state index contributed by atoms with van der Waals surface area (Å²) in [7, 11) is -1.77. The van der Waals surface area contributed by atoms with Gasteiger partial charge in [0.25, 0.3) is 10.0 Å². The maximum atomic E-state index is 12.9. The number of sulfonamides is 1. The minimum Gasteiger partial charge on any atom is -0.465 e. The molecule has 32 heavy (non-hydrogen) atoms. The molecular weight excluding hydrogens is 452 g/mol. The van der Waals surface area contributed by atoms with Gasteiger partial charge in [0.1, 0.15) is 0 Å². The highest BCUT2D eigenvalue weighted by molar-refractivity contribution is 7.98. The van der Waals surface area contributed by atoms with Gasteiger partial charge in [0.2, 0.25) is 0 Å². The molecule has 0 bridgehead atoms. The van der Waals surface area contributed by atoms with Gasteiger partial charge in [-0.3, -0.25) is 9.71 Å². The molecule has 0 aliphatic carbocycles. The van der Waals surface area contributed by atoms with Crippen LogP contribution in [0, 0.1) is 0 Å². The Kier molecular flexibility index (Phi) is 7.49. The van der Waals surface area contributed by atoms with Gasteiger partial charge in [0, 0.05) is 28.7 Å². The monoisotopic (exact) mass is 472 g/mol. The molecule has 0 aliphatic rings. The molecule has 0 saturated heterocycles. The van der Waals surface area contributed by atoms with Crippen LogP contribution in [-0.4, -0.2) is 39.6 Å². The number of hydrogen-bond donors (Lipinski definition) is 1. The molecule has 1 N–H and O–H groups in total. The molecule has 0 radical (unpaired) electrons. The quantitative estimate of drug-likeness (QED) is 0.390. The van der Waals surface area contributed by atoms with Gasteiger partial charge in [0.05, 0.1) is 30.2 Å². The fourth-order valence-electron chi connectivity index (χ4n) is 2.71. The number of aromatic nitrogens is 1. The summed E-state index contributed by atoms with van der Waals surface area (Å²) in [5, 5.41) is 0. The summed E-state index contributed by atoms with van der Waals surface area (Å²) in [6, 6.07) is 14.2. The number of carbonyl (C=O) groups excluding carboxylic acids is 2. The topological polar surface area (TPSA) is 112 Å². The second-order valence-electron chi connectivity index (χ2n) is 6.51. The average Bonchev–Trinajstić information content (AvgIpc) is 2.82. The number of ether oxygens (including phenoxy) is 2. The van der Waals surface area contributed by atoms with E-state index in [0.29, 0.717) is 5.69 Å². The van der Waals surface area contributed by atoms with Crippen LogP contribution in [0.4, 0.5) is 5.69 Å². The van der Waals surface area contributed by atoms with E-state index in [-0.39, 0.29) is 16.0 Å². The zero-order valence-corrected chi connectivity index (χ0v) is 18.9. The number of thioether (sulfide) groups is 1. The third-order valence-electron chi connectivity index (χ3n) is 4.29. The molecule has 1 heterocycles. The highest BCUT2D eigenvalue weighted by Gasteiger charge is 2.21. The zero-order valence-electron chi connectivity index (χ0n) is 17.3. The van der Waals surface area contributed by atoms with Crippen LogP contribution in [0.5, 0.6) is 0 Å². The fourth-order valence-corrected chi connectivity index (χ4v) is 4.67. The predicted octanol–water partition coefficient (Wildman–Crippen LogP) is 3.75. The lowest BCUT2D eigenvalue weighted by Crippen LogP contribution is -2.16. The standard InChI is InChI=1S/C22H20N2O6S2/c1-29-21(25)16-10-17(22(26)30-2)12-20(11-16)32(27,28)24-18-5-7-19(8-6-18)31-14-15-4-3-9-23-13-15/h3-13,24H,14H2,1-2H3. The lowest BCUT2D eigenvalue weighted by atomic mass is 10.1. The summed E-state index contributed by atoms with van der Waals surface area (Å²) in [5.41, 5.74) is 1.24. The maximum Gasteiger partial charge on any atom is 0.337 e. The van der Waals surface area contributed by atoms with Crippen molar-refractivity contribution in [1.29, 1.82) is 0 Å². The van der Waals surface area contributed by atoms with Crippen molar-refractivity contribution < 1.29 is 27.5 Å². The van der Waals surface area contributed by atoms with E-state index in [9.17, 15) is 18.0 Å². The summed E-state index contributed by atoms with van der Waals surface area (Å²) in [6.07, 6.45) is 3.50. The number of pyridine rings is 1. The van der Waals surface area contributed by atoms with Gasteiger partial charge in [0.15, 0.2) is 0 Å². The zero-order chi connectivity index (χ0) is 23.1. The van der Waals surface area contributed by atoms with E-state index >= 15 is 0 Å². The van der Waals surface area contributed by atoms with Crippen LogP contribution < -0.4 is 4.72 Å². The van der Waals surface area contributed by atoms with E-state index in [1.807, 2.05) is 12.1 Å². The van der Waals surface area contributed by atoms with Crippen molar-refractivity contribution in [1.82, 2.24) is 4.98 Å². The van der Waals surface area contributed by atoms with Crippen LogP contribution in [0.3, 0.4) is 0 Å². The second kappa shape index (κ2) is 10.3. The van der Waals surface area contributed by atoms with Gasteiger partial charge in [-0.15, -0.1) is 11.8 Å². The first-order valence-corrected chi connectivity index (χ1v) is 11.8. The van der Waals surface area contributed by atoms with Gasteiger partial charge in [-0.2, -0.15) is 0 Å². The minimum atomic E-state index is -4.09. The number of nitrogens with one attached hydrogen (secondary N) is 1. The first kappa shape index (κ1) is 23.3. The van der Waals surface area contributed by atoms with Crippen LogP contribution in [0.15, 0.2) is 76.8 Å². The number of carbonyl (C=O) groups is 2. The molecule has 0 unspecified atom stereocenters. The molecule has 0 spiro atoms. The molecule has 0 aliphatic heterocycles. The molecule has 0 fully saturated rings. The van der Waals surface area contributed by atoms with Crippen molar-refractivity contribution in [2.75, 3.05) is 18.9 Å². The first-order valence-electron chi connectivity index (χ1n) is 9.28. The molecule has 8 nitrogen and oxygen atoms in total. The second-order valence-corrected chi connectivity index (χ2v) is 9.24. The molecule has 3 aromatic rings. The third-order valence-corrected chi connectivity index (χ3v) is 6.74. The number of benzene rings is 2. The van der Waals surface area contributed by atoms with Crippen molar-refractivity contribution in [3.05, 3.63) is 83.7 Å². The summed E-state index contributed by atoms with van der Waals surface area (Å²) in [5.74, 6) is -0.820. The van der Waals surface area contributed by atoms with E-state index < -0.39 is 22.0 Å². The number of rotatable bonds is 8. The SMILES string of the molecule is COC(=O)c1cc(C(=O)OC)cc(S(=O)(=O)Nc2ccc(SCc3cccnc3)cc2)c1. The number of esters is 2. The van der Waals surface area contributed by atoms with Crippen LogP contribution in [0.2, 0.25) is 0 Å². The van der Waals surface area contributed by atoms with Crippen LogP contribution in [-0.2, 0) is 25.2 Å². The van der Waals surface area contributed by atoms with Crippen molar-refractivity contribution in [2.24, 2.45) is 0 Å². The number of hydrogen-bond acceptors (Lipinski definition) is 8. The largest absolute Gasteiger partial charge is 0.465 e. The Morgan fingerprint density at radius 1 is 0.969 bits per heavy atom. The molecule has 0 atom stereocenters.